The third-order valence-electron chi connectivity index (χ3n) is 4.67. The molecule has 2 aromatic carbocycles. The standard InChI is InChI=1S/C22H18Cl2F3N5O4/c23-14-7-5-13(6-8-14)19-30-32(21(35)31(19)10-9-22(25,26)27)12-18(33)29-11-17(36-20(28)34)15-3-1-2-4-16(15)24/h1-10,17H,11-12H2,(H2,28,34)(H,29,33). The lowest BCUT2D eigenvalue weighted by Crippen LogP contribution is -2.36. The molecule has 190 valence electrons. The van der Waals surface area contributed by atoms with Crippen LogP contribution in [0, 0.1) is 0 Å². The molecule has 0 aliphatic rings. The minimum atomic E-state index is -4.69. The lowest BCUT2D eigenvalue weighted by molar-refractivity contribution is -0.122. The third-order valence-corrected chi connectivity index (χ3v) is 5.27. The number of nitrogens with one attached hydrogen (secondary N) is 1. The Morgan fingerprint density at radius 3 is 2.42 bits per heavy atom. The number of alkyl halides is 3. The number of rotatable bonds is 8. The van der Waals surface area contributed by atoms with Gasteiger partial charge in [-0.1, -0.05) is 41.4 Å². The van der Waals surface area contributed by atoms with Gasteiger partial charge in [0, 0.05) is 33.4 Å². The number of carbonyl (C=O) groups excluding carboxylic acids is 2. The zero-order chi connectivity index (χ0) is 26.5. The molecule has 0 bridgehead atoms. The van der Waals surface area contributed by atoms with E-state index in [1.807, 2.05) is 0 Å². The van der Waals surface area contributed by atoms with Crippen LogP contribution in [-0.4, -0.2) is 39.1 Å². The van der Waals surface area contributed by atoms with Crippen LogP contribution in [0.15, 0.2) is 59.4 Å². The fraction of sp³-hybridized carbons (Fsp3) is 0.182. The van der Waals surface area contributed by atoms with Gasteiger partial charge in [-0.25, -0.2) is 18.8 Å². The quantitative estimate of drug-likeness (QED) is 0.444. The van der Waals surface area contributed by atoms with E-state index in [4.69, 9.17) is 33.7 Å². The summed E-state index contributed by atoms with van der Waals surface area (Å²) in [6.45, 7) is -0.892. The van der Waals surface area contributed by atoms with Gasteiger partial charge in [0.15, 0.2) is 5.82 Å². The number of nitrogens with zero attached hydrogens (tertiary/aromatic N) is 3. The summed E-state index contributed by atoms with van der Waals surface area (Å²) in [5.74, 6) is -0.884. The van der Waals surface area contributed by atoms with Crippen LogP contribution in [0.25, 0.3) is 17.6 Å². The van der Waals surface area contributed by atoms with E-state index in [1.54, 1.807) is 24.3 Å². The first-order chi connectivity index (χ1) is 16.9. The summed E-state index contributed by atoms with van der Waals surface area (Å²) >= 11 is 12.0. The summed E-state index contributed by atoms with van der Waals surface area (Å²) < 4.78 is 44.6. The van der Waals surface area contributed by atoms with Crippen LogP contribution in [-0.2, 0) is 16.1 Å². The molecule has 1 aromatic heterocycles. The molecule has 3 aromatic rings. The largest absolute Gasteiger partial charge is 0.440 e. The van der Waals surface area contributed by atoms with Gasteiger partial charge < -0.3 is 15.8 Å². The summed E-state index contributed by atoms with van der Waals surface area (Å²) in [5.41, 5.74) is 4.77. The molecular weight excluding hydrogens is 526 g/mol. The smallest absolute Gasteiger partial charge is 0.411 e. The monoisotopic (exact) mass is 543 g/mol. The number of allylic oxidation sites excluding steroid dienone is 1. The van der Waals surface area contributed by atoms with Gasteiger partial charge in [-0.2, -0.15) is 13.2 Å². The van der Waals surface area contributed by atoms with Crippen molar-refractivity contribution in [1.82, 2.24) is 19.7 Å². The van der Waals surface area contributed by atoms with Gasteiger partial charge in [-0.05, 0) is 30.3 Å². The van der Waals surface area contributed by atoms with Gasteiger partial charge in [0.2, 0.25) is 5.91 Å². The molecule has 0 fully saturated rings. The minimum absolute atomic E-state index is 0.130. The number of amides is 2. The summed E-state index contributed by atoms with van der Waals surface area (Å²) in [4.78, 5) is 36.6. The van der Waals surface area contributed by atoms with Crippen molar-refractivity contribution in [3.63, 3.8) is 0 Å². The summed E-state index contributed by atoms with van der Waals surface area (Å²) in [5, 5.41) is 7.11. The fourth-order valence-corrected chi connectivity index (χ4v) is 3.49. The molecule has 3 rings (SSSR count). The second-order valence-corrected chi connectivity index (χ2v) is 8.09. The number of hydrogen-bond donors (Lipinski definition) is 2. The third kappa shape index (κ3) is 7.12. The second kappa shape index (κ2) is 11.3. The van der Waals surface area contributed by atoms with Crippen LogP contribution in [0.2, 0.25) is 10.0 Å². The zero-order valence-corrected chi connectivity index (χ0v) is 19.7. The van der Waals surface area contributed by atoms with E-state index >= 15 is 0 Å². The normalized spacial score (nSPS) is 12.5. The second-order valence-electron chi connectivity index (χ2n) is 7.25. The molecule has 9 nitrogen and oxygen atoms in total. The molecule has 0 spiro atoms. The number of carbonyl (C=O) groups is 2. The van der Waals surface area contributed by atoms with Crippen LogP contribution in [0.5, 0.6) is 0 Å². The summed E-state index contributed by atoms with van der Waals surface area (Å²) in [6.07, 6.45) is -6.44. The highest BCUT2D eigenvalue weighted by Crippen LogP contribution is 2.25. The SMILES string of the molecule is NC(=O)OC(CNC(=O)Cn1nc(-c2ccc(Cl)cc2)n(C=CC(F)(F)F)c1=O)c1ccccc1Cl. The molecule has 36 heavy (non-hydrogen) atoms. The summed E-state index contributed by atoms with van der Waals surface area (Å²) in [6, 6.07) is 12.3. The molecule has 0 saturated heterocycles. The molecule has 0 aliphatic heterocycles. The van der Waals surface area contributed by atoms with Gasteiger partial charge in [0.05, 0.1) is 6.54 Å². The van der Waals surface area contributed by atoms with Crippen molar-refractivity contribution in [2.45, 2.75) is 18.8 Å². The average molecular weight is 544 g/mol. The van der Waals surface area contributed by atoms with E-state index in [9.17, 15) is 27.6 Å². The van der Waals surface area contributed by atoms with Crippen molar-refractivity contribution >= 4 is 41.4 Å². The minimum Gasteiger partial charge on any atom is -0.440 e. The van der Waals surface area contributed by atoms with Gasteiger partial charge in [0.1, 0.15) is 12.6 Å². The van der Waals surface area contributed by atoms with Crippen LogP contribution in [0.1, 0.15) is 11.7 Å². The topological polar surface area (TPSA) is 121 Å². The number of nitrogens with two attached hydrogens (primary N) is 1. The van der Waals surface area contributed by atoms with Crippen molar-refractivity contribution in [3.8, 4) is 11.4 Å². The Morgan fingerprint density at radius 1 is 1.14 bits per heavy atom. The average Bonchev–Trinajstić information content (AvgIpc) is 3.10. The predicted octanol–water partition coefficient (Wildman–Crippen LogP) is 4.00. The van der Waals surface area contributed by atoms with E-state index in [0.29, 0.717) is 26.0 Å². The Bertz CT molecular complexity index is 1340. The van der Waals surface area contributed by atoms with Crippen molar-refractivity contribution in [2.75, 3.05) is 6.54 Å². The fourth-order valence-electron chi connectivity index (χ4n) is 3.10. The van der Waals surface area contributed by atoms with E-state index < -0.39 is 36.5 Å². The molecule has 0 saturated carbocycles. The molecule has 1 unspecified atom stereocenters. The zero-order valence-electron chi connectivity index (χ0n) is 18.2. The highest BCUT2D eigenvalue weighted by Gasteiger charge is 2.24. The molecule has 1 atom stereocenters. The molecule has 1 heterocycles. The van der Waals surface area contributed by atoms with Crippen LogP contribution < -0.4 is 16.7 Å². The number of primary amides is 1. The lowest BCUT2D eigenvalue weighted by atomic mass is 10.1. The number of halogens is 5. The molecule has 3 N–H and O–H groups in total. The maximum absolute atomic E-state index is 12.8. The summed E-state index contributed by atoms with van der Waals surface area (Å²) in [7, 11) is 0. The first kappa shape index (κ1) is 26.8. The van der Waals surface area contributed by atoms with E-state index in [0.717, 1.165) is 0 Å². The molecular formula is C22H18Cl2F3N5O4. The maximum atomic E-state index is 12.8. The van der Waals surface area contributed by atoms with Crippen LogP contribution in [0.3, 0.4) is 0 Å². The highest BCUT2D eigenvalue weighted by molar-refractivity contribution is 6.31. The van der Waals surface area contributed by atoms with Crippen molar-refractivity contribution in [2.24, 2.45) is 5.73 Å². The van der Waals surface area contributed by atoms with Crippen LogP contribution >= 0.6 is 23.2 Å². The Hall–Kier alpha value is -3.77. The number of aromatic nitrogens is 3. The van der Waals surface area contributed by atoms with E-state index in [-0.39, 0.29) is 29.0 Å². The number of benzene rings is 2. The first-order valence-corrected chi connectivity index (χ1v) is 10.9. The lowest BCUT2D eigenvalue weighted by Gasteiger charge is -2.18. The van der Waals surface area contributed by atoms with Crippen LogP contribution in [0.4, 0.5) is 18.0 Å². The number of ether oxygens (including phenoxy) is 1. The maximum Gasteiger partial charge on any atom is 0.411 e. The van der Waals surface area contributed by atoms with Gasteiger partial charge in [0.25, 0.3) is 0 Å². The molecule has 0 aliphatic carbocycles. The Balaban J connectivity index is 1.84. The number of hydrogen-bond acceptors (Lipinski definition) is 5. The van der Waals surface area contributed by atoms with Gasteiger partial charge in [-0.15, -0.1) is 5.10 Å². The predicted molar refractivity (Wildman–Crippen MR) is 126 cm³/mol. The Kier molecular flexibility index (Phi) is 8.43. The van der Waals surface area contributed by atoms with Crippen molar-refractivity contribution in [1.29, 1.82) is 0 Å². The molecule has 0 radical (unpaired) electrons. The molecule has 14 heteroatoms. The van der Waals surface area contributed by atoms with E-state index in [1.165, 1.54) is 24.3 Å². The van der Waals surface area contributed by atoms with Gasteiger partial charge in [-0.3, -0.25) is 4.79 Å². The molecule has 2 amide bonds. The Labute approximate surface area is 211 Å². The van der Waals surface area contributed by atoms with Crippen molar-refractivity contribution in [3.05, 3.63) is 80.7 Å². The van der Waals surface area contributed by atoms with Crippen molar-refractivity contribution < 1.29 is 27.5 Å². The first-order valence-electron chi connectivity index (χ1n) is 10.1. The Morgan fingerprint density at radius 2 is 1.81 bits per heavy atom. The van der Waals surface area contributed by atoms with E-state index in [2.05, 4.69) is 10.4 Å². The highest BCUT2D eigenvalue weighted by atomic mass is 35.5. The van der Waals surface area contributed by atoms with Gasteiger partial charge >= 0.3 is 18.0 Å².